The summed E-state index contributed by atoms with van der Waals surface area (Å²) in [7, 11) is 0. The number of aryl methyl sites for hydroxylation is 1. The molecule has 5 heteroatoms. The minimum atomic E-state index is -0.135. The fraction of sp³-hybridized carbons (Fsp3) is 0.467. The van der Waals surface area contributed by atoms with Gasteiger partial charge in [-0.05, 0) is 51.5 Å². The number of carbonyl (C=O) groups excluding carboxylic acids is 2. The van der Waals surface area contributed by atoms with Crippen LogP contribution in [-0.4, -0.2) is 35.8 Å². The van der Waals surface area contributed by atoms with Crippen molar-refractivity contribution < 1.29 is 9.59 Å². The van der Waals surface area contributed by atoms with Crippen molar-refractivity contribution in [3.63, 3.8) is 0 Å². The molecule has 0 bridgehead atoms. The largest absolute Gasteiger partial charge is 0.352 e. The van der Waals surface area contributed by atoms with Crippen molar-refractivity contribution >= 4 is 27.7 Å². The van der Waals surface area contributed by atoms with Crippen LogP contribution >= 0.6 is 15.9 Å². The highest BCUT2D eigenvalue weighted by Crippen LogP contribution is 2.18. The number of likely N-dealkylation sites (N-methyl/N-ethyl adjacent to an activating group) is 1. The summed E-state index contributed by atoms with van der Waals surface area (Å²) in [6, 6.07) is 5.52. The Bertz CT molecular complexity index is 501. The average Bonchev–Trinajstić information content (AvgIpc) is 2.37. The van der Waals surface area contributed by atoms with Crippen LogP contribution in [0, 0.1) is 6.92 Å². The Hall–Kier alpha value is -1.36. The SMILES string of the molecule is CCN(CC(=O)NC(C)C)C(=O)c1ccc(Br)c(C)c1. The zero-order chi connectivity index (χ0) is 15.3. The van der Waals surface area contributed by atoms with Crippen molar-refractivity contribution in [2.75, 3.05) is 13.1 Å². The summed E-state index contributed by atoms with van der Waals surface area (Å²) in [5, 5.41) is 2.79. The third-order valence-electron chi connectivity index (χ3n) is 2.86. The highest BCUT2D eigenvalue weighted by Gasteiger charge is 2.18. The van der Waals surface area contributed by atoms with Crippen LogP contribution in [0.1, 0.15) is 36.7 Å². The second-order valence-corrected chi connectivity index (χ2v) is 5.86. The molecule has 0 saturated heterocycles. The van der Waals surface area contributed by atoms with Crippen LogP contribution in [-0.2, 0) is 4.79 Å². The van der Waals surface area contributed by atoms with Gasteiger partial charge in [0.15, 0.2) is 0 Å². The van der Waals surface area contributed by atoms with Gasteiger partial charge in [0.25, 0.3) is 5.91 Å². The maximum absolute atomic E-state index is 12.4. The third kappa shape index (κ3) is 4.63. The van der Waals surface area contributed by atoms with Gasteiger partial charge < -0.3 is 10.2 Å². The molecule has 0 aromatic heterocycles. The van der Waals surface area contributed by atoms with E-state index in [-0.39, 0.29) is 24.4 Å². The molecule has 1 aromatic rings. The van der Waals surface area contributed by atoms with Crippen molar-refractivity contribution in [3.05, 3.63) is 33.8 Å². The monoisotopic (exact) mass is 340 g/mol. The zero-order valence-corrected chi connectivity index (χ0v) is 14.0. The normalized spacial score (nSPS) is 10.5. The lowest BCUT2D eigenvalue weighted by Gasteiger charge is -2.21. The van der Waals surface area contributed by atoms with Crippen molar-refractivity contribution in [2.24, 2.45) is 0 Å². The Kier molecular flexibility index (Phi) is 6.20. The van der Waals surface area contributed by atoms with Crippen LogP contribution in [0.5, 0.6) is 0 Å². The summed E-state index contributed by atoms with van der Waals surface area (Å²) in [6.45, 7) is 8.18. The van der Waals surface area contributed by atoms with E-state index in [9.17, 15) is 9.59 Å². The molecule has 0 saturated carbocycles. The average molecular weight is 341 g/mol. The fourth-order valence-corrected chi connectivity index (χ4v) is 2.08. The van der Waals surface area contributed by atoms with Crippen molar-refractivity contribution in [2.45, 2.75) is 33.7 Å². The molecule has 0 radical (unpaired) electrons. The van der Waals surface area contributed by atoms with Gasteiger partial charge in [-0.1, -0.05) is 15.9 Å². The third-order valence-corrected chi connectivity index (χ3v) is 3.75. The minimum absolute atomic E-state index is 0.0752. The summed E-state index contributed by atoms with van der Waals surface area (Å²) in [5.74, 6) is -0.258. The second kappa shape index (κ2) is 7.43. The van der Waals surface area contributed by atoms with Gasteiger partial charge in [-0.25, -0.2) is 0 Å². The van der Waals surface area contributed by atoms with Gasteiger partial charge in [-0.15, -0.1) is 0 Å². The van der Waals surface area contributed by atoms with Crippen LogP contribution in [0.2, 0.25) is 0 Å². The number of nitrogens with zero attached hydrogens (tertiary/aromatic N) is 1. The van der Waals surface area contributed by atoms with E-state index in [1.54, 1.807) is 11.0 Å². The number of hydrogen-bond acceptors (Lipinski definition) is 2. The predicted molar refractivity (Wildman–Crippen MR) is 83.7 cm³/mol. The molecule has 0 unspecified atom stereocenters. The zero-order valence-electron chi connectivity index (χ0n) is 12.4. The molecule has 1 N–H and O–H groups in total. The predicted octanol–water partition coefficient (Wildman–Crippen LogP) is 2.74. The molecular formula is C15H21BrN2O2. The smallest absolute Gasteiger partial charge is 0.254 e. The maximum Gasteiger partial charge on any atom is 0.254 e. The number of amides is 2. The molecule has 0 spiro atoms. The summed E-state index contributed by atoms with van der Waals surface area (Å²) in [6.07, 6.45) is 0. The highest BCUT2D eigenvalue weighted by molar-refractivity contribution is 9.10. The van der Waals surface area contributed by atoms with Gasteiger partial charge in [0.2, 0.25) is 5.91 Å². The summed E-state index contributed by atoms with van der Waals surface area (Å²) in [4.78, 5) is 25.7. The minimum Gasteiger partial charge on any atom is -0.352 e. The molecule has 0 heterocycles. The molecule has 110 valence electrons. The quantitative estimate of drug-likeness (QED) is 0.895. The summed E-state index contributed by atoms with van der Waals surface area (Å²) < 4.78 is 0.967. The molecule has 1 rings (SSSR count). The van der Waals surface area contributed by atoms with Crippen LogP contribution in [0.4, 0.5) is 0 Å². The molecule has 2 amide bonds. The van der Waals surface area contributed by atoms with Crippen molar-refractivity contribution in [3.8, 4) is 0 Å². The highest BCUT2D eigenvalue weighted by atomic mass is 79.9. The van der Waals surface area contributed by atoms with E-state index in [1.807, 2.05) is 39.8 Å². The van der Waals surface area contributed by atoms with Crippen LogP contribution < -0.4 is 5.32 Å². The van der Waals surface area contributed by atoms with E-state index >= 15 is 0 Å². The Labute approximate surface area is 128 Å². The van der Waals surface area contributed by atoms with E-state index in [0.29, 0.717) is 12.1 Å². The summed E-state index contributed by atoms with van der Waals surface area (Å²) in [5.41, 5.74) is 1.60. The lowest BCUT2D eigenvalue weighted by atomic mass is 10.1. The summed E-state index contributed by atoms with van der Waals surface area (Å²) >= 11 is 3.41. The molecular weight excluding hydrogens is 320 g/mol. The van der Waals surface area contributed by atoms with Gasteiger partial charge >= 0.3 is 0 Å². The molecule has 0 fully saturated rings. The molecule has 0 aliphatic heterocycles. The number of rotatable bonds is 5. The Morgan fingerprint density at radius 1 is 1.35 bits per heavy atom. The Morgan fingerprint density at radius 2 is 2.00 bits per heavy atom. The standard InChI is InChI=1S/C15H21BrN2O2/c1-5-18(9-14(19)17-10(2)3)15(20)12-6-7-13(16)11(4)8-12/h6-8,10H,5,9H2,1-4H3,(H,17,19). The second-order valence-electron chi connectivity index (χ2n) is 5.01. The van der Waals surface area contributed by atoms with Crippen molar-refractivity contribution in [1.82, 2.24) is 10.2 Å². The Balaban J connectivity index is 2.81. The number of benzene rings is 1. The maximum atomic E-state index is 12.4. The molecule has 4 nitrogen and oxygen atoms in total. The molecule has 0 aliphatic rings. The lowest BCUT2D eigenvalue weighted by molar-refractivity contribution is -0.122. The number of halogens is 1. The van der Waals surface area contributed by atoms with Gasteiger partial charge in [-0.3, -0.25) is 9.59 Å². The van der Waals surface area contributed by atoms with Gasteiger partial charge in [-0.2, -0.15) is 0 Å². The molecule has 20 heavy (non-hydrogen) atoms. The molecule has 0 atom stereocenters. The van der Waals surface area contributed by atoms with E-state index in [0.717, 1.165) is 10.0 Å². The first kappa shape index (κ1) is 16.7. The molecule has 1 aromatic carbocycles. The first-order valence-electron chi connectivity index (χ1n) is 6.70. The van der Waals surface area contributed by atoms with Gasteiger partial charge in [0, 0.05) is 22.6 Å². The van der Waals surface area contributed by atoms with E-state index in [2.05, 4.69) is 21.2 Å². The van der Waals surface area contributed by atoms with Crippen LogP contribution in [0.25, 0.3) is 0 Å². The van der Waals surface area contributed by atoms with E-state index in [4.69, 9.17) is 0 Å². The first-order valence-corrected chi connectivity index (χ1v) is 7.49. The lowest BCUT2D eigenvalue weighted by Crippen LogP contribution is -2.42. The van der Waals surface area contributed by atoms with Crippen molar-refractivity contribution in [1.29, 1.82) is 0 Å². The fourth-order valence-electron chi connectivity index (χ4n) is 1.83. The van der Waals surface area contributed by atoms with Crippen LogP contribution in [0.3, 0.4) is 0 Å². The first-order chi connectivity index (χ1) is 9.35. The number of nitrogens with one attached hydrogen (secondary N) is 1. The van der Waals surface area contributed by atoms with Gasteiger partial charge in [0.1, 0.15) is 0 Å². The topological polar surface area (TPSA) is 49.4 Å². The van der Waals surface area contributed by atoms with Crippen LogP contribution in [0.15, 0.2) is 22.7 Å². The Morgan fingerprint density at radius 3 is 2.50 bits per heavy atom. The van der Waals surface area contributed by atoms with E-state index < -0.39 is 0 Å². The molecule has 0 aliphatic carbocycles. The van der Waals surface area contributed by atoms with Gasteiger partial charge in [0.05, 0.1) is 6.54 Å². The van der Waals surface area contributed by atoms with E-state index in [1.165, 1.54) is 0 Å². The number of hydrogen-bond donors (Lipinski definition) is 1. The number of carbonyl (C=O) groups is 2.